The van der Waals surface area contributed by atoms with Crippen LogP contribution in [-0.2, 0) is 0 Å². The molecule has 110 valence electrons. The lowest BCUT2D eigenvalue weighted by Gasteiger charge is -2.12. The quantitative estimate of drug-likeness (QED) is 0.939. The Morgan fingerprint density at radius 3 is 2.43 bits per heavy atom. The molecule has 2 aromatic carbocycles. The van der Waals surface area contributed by atoms with Crippen LogP contribution in [0.15, 0.2) is 30.3 Å². The van der Waals surface area contributed by atoms with E-state index in [1.807, 2.05) is 0 Å². The summed E-state index contributed by atoms with van der Waals surface area (Å²) in [5.74, 6) is -3.02. The molecular formula is C14H10ClF2NO3. The molecule has 21 heavy (non-hydrogen) atoms. The standard InChI is InChI=1S/C14H10ClF2NO3/c1-20-11-3-2-7(15)4-13(11)21-12-6-9(16)8(14(18)19)5-10(12)17/h2-6H,1H3,(H2,18,19). The molecule has 0 aliphatic heterocycles. The zero-order valence-corrected chi connectivity index (χ0v) is 11.6. The van der Waals surface area contributed by atoms with Crippen LogP contribution in [0.5, 0.6) is 17.2 Å². The Morgan fingerprint density at radius 1 is 1.10 bits per heavy atom. The molecular weight excluding hydrogens is 304 g/mol. The molecule has 0 aliphatic rings. The van der Waals surface area contributed by atoms with E-state index < -0.39 is 28.9 Å². The number of benzene rings is 2. The Morgan fingerprint density at radius 2 is 1.81 bits per heavy atom. The van der Waals surface area contributed by atoms with E-state index in [4.69, 9.17) is 26.8 Å². The second-order valence-corrected chi connectivity index (χ2v) is 4.46. The molecule has 0 fully saturated rings. The highest BCUT2D eigenvalue weighted by Crippen LogP contribution is 2.35. The molecule has 1 amide bonds. The fourth-order valence-corrected chi connectivity index (χ4v) is 1.81. The summed E-state index contributed by atoms with van der Waals surface area (Å²) in [7, 11) is 1.39. The van der Waals surface area contributed by atoms with E-state index in [1.165, 1.54) is 19.2 Å². The molecule has 0 spiro atoms. The topological polar surface area (TPSA) is 61.6 Å². The van der Waals surface area contributed by atoms with Gasteiger partial charge >= 0.3 is 0 Å². The Kier molecular flexibility index (Phi) is 4.28. The van der Waals surface area contributed by atoms with Crippen LogP contribution < -0.4 is 15.2 Å². The molecule has 0 bridgehead atoms. The lowest BCUT2D eigenvalue weighted by atomic mass is 10.2. The maximum atomic E-state index is 13.8. The van der Waals surface area contributed by atoms with Crippen molar-refractivity contribution in [2.75, 3.05) is 7.11 Å². The Hall–Kier alpha value is -2.34. The largest absolute Gasteiger partial charge is 0.493 e. The van der Waals surface area contributed by atoms with Crippen molar-refractivity contribution in [1.29, 1.82) is 0 Å². The third kappa shape index (κ3) is 3.22. The lowest BCUT2D eigenvalue weighted by molar-refractivity contribution is 0.0996. The van der Waals surface area contributed by atoms with E-state index in [-0.39, 0.29) is 11.5 Å². The number of primary amides is 1. The molecule has 0 saturated carbocycles. The Labute approximate surface area is 124 Å². The number of carbonyl (C=O) groups is 1. The van der Waals surface area contributed by atoms with Gasteiger partial charge in [-0.1, -0.05) is 11.6 Å². The van der Waals surface area contributed by atoms with Crippen LogP contribution in [0.25, 0.3) is 0 Å². The number of methoxy groups -OCH3 is 1. The zero-order valence-electron chi connectivity index (χ0n) is 10.8. The summed E-state index contributed by atoms with van der Waals surface area (Å²) < 4.78 is 37.8. The van der Waals surface area contributed by atoms with E-state index in [9.17, 15) is 13.6 Å². The van der Waals surface area contributed by atoms with Gasteiger partial charge in [-0.2, -0.15) is 0 Å². The smallest absolute Gasteiger partial charge is 0.251 e. The minimum Gasteiger partial charge on any atom is -0.493 e. The lowest BCUT2D eigenvalue weighted by Crippen LogP contribution is -2.13. The van der Waals surface area contributed by atoms with Crippen molar-refractivity contribution in [3.8, 4) is 17.2 Å². The average Bonchev–Trinajstić information content (AvgIpc) is 2.42. The molecule has 4 nitrogen and oxygen atoms in total. The molecule has 7 heteroatoms. The first-order chi connectivity index (χ1) is 9.92. The van der Waals surface area contributed by atoms with Gasteiger partial charge in [-0.3, -0.25) is 4.79 Å². The molecule has 2 aromatic rings. The first-order valence-corrected chi connectivity index (χ1v) is 6.10. The van der Waals surface area contributed by atoms with Crippen LogP contribution in [0.4, 0.5) is 8.78 Å². The minimum absolute atomic E-state index is 0.107. The van der Waals surface area contributed by atoms with Gasteiger partial charge in [0.2, 0.25) is 0 Å². The third-order valence-electron chi connectivity index (χ3n) is 2.63. The second-order valence-electron chi connectivity index (χ2n) is 4.02. The van der Waals surface area contributed by atoms with Crippen molar-refractivity contribution >= 4 is 17.5 Å². The van der Waals surface area contributed by atoms with E-state index in [1.54, 1.807) is 6.07 Å². The third-order valence-corrected chi connectivity index (χ3v) is 2.87. The first-order valence-electron chi connectivity index (χ1n) is 5.72. The first kappa shape index (κ1) is 15.1. The van der Waals surface area contributed by atoms with Crippen LogP contribution >= 0.6 is 11.6 Å². The number of hydrogen-bond acceptors (Lipinski definition) is 3. The van der Waals surface area contributed by atoms with Gasteiger partial charge in [0.05, 0.1) is 12.7 Å². The number of hydrogen-bond donors (Lipinski definition) is 1. The summed E-state index contributed by atoms with van der Waals surface area (Å²) >= 11 is 5.81. The zero-order chi connectivity index (χ0) is 15.6. The molecule has 0 heterocycles. The molecule has 0 unspecified atom stereocenters. The summed E-state index contributed by atoms with van der Waals surface area (Å²) in [6.07, 6.45) is 0. The fraction of sp³-hybridized carbons (Fsp3) is 0.0714. The number of amides is 1. The maximum absolute atomic E-state index is 13.8. The van der Waals surface area contributed by atoms with Gasteiger partial charge in [0.1, 0.15) is 5.82 Å². The maximum Gasteiger partial charge on any atom is 0.251 e. The van der Waals surface area contributed by atoms with Gasteiger partial charge < -0.3 is 15.2 Å². The minimum atomic E-state index is -1.07. The van der Waals surface area contributed by atoms with Gasteiger partial charge in [0.15, 0.2) is 23.1 Å². The number of carbonyl (C=O) groups excluding carboxylic acids is 1. The number of halogens is 3. The normalized spacial score (nSPS) is 10.3. The predicted molar refractivity (Wildman–Crippen MR) is 73.0 cm³/mol. The second kappa shape index (κ2) is 5.97. The predicted octanol–water partition coefficient (Wildman–Crippen LogP) is 3.52. The molecule has 2 rings (SSSR count). The molecule has 0 aliphatic carbocycles. The van der Waals surface area contributed by atoms with Crippen molar-refractivity contribution in [2.24, 2.45) is 5.73 Å². The highest BCUT2D eigenvalue weighted by Gasteiger charge is 2.16. The SMILES string of the molecule is COc1ccc(Cl)cc1Oc1cc(F)c(C(N)=O)cc1F. The summed E-state index contributed by atoms with van der Waals surface area (Å²) in [6, 6.07) is 5.86. The van der Waals surface area contributed by atoms with E-state index >= 15 is 0 Å². The molecule has 0 atom stereocenters. The van der Waals surface area contributed by atoms with Crippen molar-refractivity contribution in [2.45, 2.75) is 0 Å². The van der Waals surface area contributed by atoms with Gasteiger partial charge in [-0.25, -0.2) is 8.78 Å². The van der Waals surface area contributed by atoms with Gasteiger partial charge in [0, 0.05) is 17.2 Å². The Bertz CT molecular complexity index is 707. The van der Waals surface area contributed by atoms with Crippen LogP contribution in [0.1, 0.15) is 10.4 Å². The fourth-order valence-electron chi connectivity index (χ4n) is 1.64. The van der Waals surface area contributed by atoms with Gasteiger partial charge in [-0.15, -0.1) is 0 Å². The van der Waals surface area contributed by atoms with Crippen LogP contribution in [0.2, 0.25) is 5.02 Å². The summed E-state index contributed by atoms with van der Waals surface area (Å²) in [4.78, 5) is 10.9. The van der Waals surface area contributed by atoms with Crippen molar-refractivity contribution < 1.29 is 23.0 Å². The summed E-state index contributed by atoms with van der Waals surface area (Å²) in [5.41, 5.74) is 4.37. The molecule has 2 N–H and O–H groups in total. The average molecular weight is 314 g/mol. The highest BCUT2D eigenvalue weighted by atomic mass is 35.5. The van der Waals surface area contributed by atoms with Crippen LogP contribution in [0, 0.1) is 11.6 Å². The van der Waals surface area contributed by atoms with Crippen molar-refractivity contribution in [3.63, 3.8) is 0 Å². The van der Waals surface area contributed by atoms with E-state index in [0.29, 0.717) is 11.1 Å². The van der Waals surface area contributed by atoms with Crippen LogP contribution in [-0.4, -0.2) is 13.0 Å². The molecule has 0 saturated heterocycles. The number of ether oxygens (including phenoxy) is 2. The van der Waals surface area contributed by atoms with E-state index in [0.717, 1.165) is 6.07 Å². The van der Waals surface area contributed by atoms with Gasteiger partial charge in [-0.05, 0) is 18.2 Å². The van der Waals surface area contributed by atoms with Crippen molar-refractivity contribution in [3.05, 3.63) is 52.6 Å². The van der Waals surface area contributed by atoms with Crippen LogP contribution in [0.3, 0.4) is 0 Å². The van der Waals surface area contributed by atoms with Gasteiger partial charge in [0.25, 0.3) is 5.91 Å². The van der Waals surface area contributed by atoms with Crippen molar-refractivity contribution in [1.82, 2.24) is 0 Å². The molecule has 0 aromatic heterocycles. The highest BCUT2D eigenvalue weighted by molar-refractivity contribution is 6.30. The monoisotopic (exact) mass is 313 g/mol. The Balaban J connectivity index is 2.43. The van der Waals surface area contributed by atoms with E-state index in [2.05, 4.69) is 0 Å². The number of nitrogens with two attached hydrogens (primary N) is 1. The number of rotatable bonds is 4. The summed E-state index contributed by atoms with van der Waals surface area (Å²) in [6.45, 7) is 0. The molecule has 0 radical (unpaired) electrons. The summed E-state index contributed by atoms with van der Waals surface area (Å²) in [5, 5.41) is 0.334.